The molecule has 1 aliphatic heterocycles. The minimum Gasteiger partial charge on any atom is -0.468 e. The van der Waals surface area contributed by atoms with Crippen LogP contribution in [0.25, 0.3) is 0 Å². The lowest BCUT2D eigenvalue weighted by Gasteiger charge is -2.33. The van der Waals surface area contributed by atoms with Crippen molar-refractivity contribution in [2.75, 3.05) is 12.9 Å². The van der Waals surface area contributed by atoms with Gasteiger partial charge in [0.25, 0.3) is 0 Å². The lowest BCUT2D eigenvalue weighted by atomic mass is 9.73. The predicted molar refractivity (Wildman–Crippen MR) is 87.5 cm³/mol. The van der Waals surface area contributed by atoms with Crippen molar-refractivity contribution in [2.45, 2.75) is 43.7 Å². The Hall–Kier alpha value is -1.18. The van der Waals surface area contributed by atoms with Crippen molar-refractivity contribution in [3.05, 3.63) is 24.3 Å². The first-order valence-electron chi connectivity index (χ1n) is 7.17. The van der Waals surface area contributed by atoms with E-state index in [2.05, 4.69) is 23.8 Å². The summed E-state index contributed by atoms with van der Waals surface area (Å²) in [4.78, 5) is 11.8. The molecule has 120 valence electrons. The van der Waals surface area contributed by atoms with Gasteiger partial charge in [0.15, 0.2) is 0 Å². The van der Waals surface area contributed by atoms with Crippen molar-refractivity contribution in [2.24, 2.45) is 0 Å². The molecular formula is C15H22BNO4S. The van der Waals surface area contributed by atoms with Crippen LogP contribution in [0.4, 0.5) is 0 Å². The van der Waals surface area contributed by atoms with Gasteiger partial charge in [0, 0.05) is 10.4 Å². The third kappa shape index (κ3) is 3.42. The minimum absolute atomic E-state index is 0.143. The molecule has 1 atom stereocenters. The number of esters is 1. The van der Waals surface area contributed by atoms with Gasteiger partial charge in [0.1, 0.15) is 5.75 Å². The highest BCUT2D eigenvalue weighted by atomic mass is 32.2. The van der Waals surface area contributed by atoms with Crippen molar-refractivity contribution < 1.29 is 18.4 Å². The lowest BCUT2D eigenvalue weighted by molar-refractivity contribution is -0.137. The fourth-order valence-corrected chi connectivity index (χ4v) is 3.19. The largest absolute Gasteiger partial charge is 0.468 e. The van der Waals surface area contributed by atoms with E-state index in [0.717, 1.165) is 5.46 Å². The average molecular weight is 323 g/mol. The van der Waals surface area contributed by atoms with Crippen LogP contribution in [0.5, 0.6) is 0 Å². The molecule has 1 saturated heterocycles. The molecule has 0 amide bonds. The van der Waals surface area contributed by atoms with E-state index in [4.69, 9.17) is 4.65 Å². The van der Waals surface area contributed by atoms with E-state index >= 15 is 0 Å². The fraction of sp³-hybridized carbons (Fsp3) is 0.533. The predicted octanol–water partition coefficient (Wildman–Crippen LogP) is 0.839. The highest BCUT2D eigenvalue weighted by molar-refractivity contribution is 7.85. The summed E-state index contributed by atoms with van der Waals surface area (Å²) in [5.41, 5.74) is 0.395. The zero-order chi connectivity index (χ0) is 16.5. The molecule has 1 aromatic carbocycles. The molecule has 0 radical (unpaired) electrons. The number of carbonyl (C=O) groups excluding carboxylic acids is 1. The van der Waals surface area contributed by atoms with Gasteiger partial charge in [-0.15, -0.1) is 0 Å². The first-order valence-corrected chi connectivity index (χ1v) is 8.49. The van der Waals surface area contributed by atoms with E-state index in [-0.39, 0.29) is 23.9 Å². The zero-order valence-corrected chi connectivity index (χ0v) is 14.5. The van der Waals surface area contributed by atoms with E-state index < -0.39 is 16.8 Å². The van der Waals surface area contributed by atoms with Gasteiger partial charge in [-0.2, -0.15) is 0 Å². The summed E-state index contributed by atoms with van der Waals surface area (Å²) < 4.78 is 22.8. The van der Waals surface area contributed by atoms with Gasteiger partial charge in [0.2, 0.25) is 0 Å². The van der Waals surface area contributed by atoms with Crippen LogP contribution in [0, 0.1) is 0 Å². The smallest absolute Gasteiger partial charge is 0.416 e. The van der Waals surface area contributed by atoms with E-state index in [0.29, 0.717) is 4.90 Å². The van der Waals surface area contributed by atoms with Gasteiger partial charge in [-0.25, -0.2) is 0 Å². The molecule has 1 heterocycles. The van der Waals surface area contributed by atoms with Gasteiger partial charge in [-0.05, 0) is 45.3 Å². The number of rotatable bonds is 4. The maximum Gasteiger partial charge on any atom is 0.416 e. The Morgan fingerprint density at radius 3 is 2.59 bits per heavy atom. The number of nitrogens with one attached hydrogen (secondary N) is 1. The minimum atomic E-state index is -1.42. The van der Waals surface area contributed by atoms with Crippen LogP contribution in [-0.4, -0.2) is 41.2 Å². The molecule has 0 spiro atoms. The van der Waals surface area contributed by atoms with E-state index in [1.165, 1.54) is 7.11 Å². The van der Waals surface area contributed by atoms with Gasteiger partial charge in [-0.1, -0.05) is 12.1 Å². The van der Waals surface area contributed by atoms with Gasteiger partial charge < -0.3 is 14.6 Å². The van der Waals surface area contributed by atoms with Crippen LogP contribution in [0.2, 0.25) is 0 Å². The Kier molecular flexibility index (Phi) is 4.80. The first kappa shape index (κ1) is 17.2. The Morgan fingerprint density at radius 2 is 2.05 bits per heavy atom. The monoisotopic (exact) mass is 323 g/mol. The van der Waals surface area contributed by atoms with Crippen LogP contribution < -0.4 is 10.7 Å². The molecule has 0 saturated carbocycles. The molecule has 0 aromatic heterocycles. The Labute approximate surface area is 134 Å². The Morgan fingerprint density at radius 1 is 1.36 bits per heavy atom. The Balaban J connectivity index is 2.20. The number of methoxy groups -OCH3 is 1. The van der Waals surface area contributed by atoms with Crippen molar-refractivity contribution in [3.63, 3.8) is 0 Å². The fourth-order valence-electron chi connectivity index (χ4n) is 2.19. The summed E-state index contributed by atoms with van der Waals surface area (Å²) >= 11 is 0. The summed E-state index contributed by atoms with van der Waals surface area (Å²) in [7, 11) is -0.396. The van der Waals surface area contributed by atoms with E-state index in [9.17, 15) is 9.00 Å². The molecular weight excluding hydrogens is 301 g/mol. The maximum absolute atomic E-state index is 12.2. The summed E-state index contributed by atoms with van der Waals surface area (Å²) in [6, 6.07) is 7.30. The molecule has 1 N–H and O–H groups in total. The number of hydrogen-bond donors (Lipinski definition) is 1. The molecule has 1 unspecified atom stereocenters. The molecule has 1 aromatic rings. The number of benzene rings is 1. The van der Waals surface area contributed by atoms with Crippen molar-refractivity contribution in [3.8, 4) is 0 Å². The van der Waals surface area contributed by atoms with E-state index in [1.54, 1.807) is 6.07 Å². The molecule has 1 fully saturated rings. The topological polar surface area (TPSA) is 64.6 Å². The second-order valence-electron chi connectivity index (χ2n) is 6.42. The maximum atomic E-state index is 12.2. The zero-order valence-electron chi connectivity index (χ0n) is 13.6. The number of carbonyl (C=O) groups is 1. The van der Waals surface area contributed by atoms with Gasteiger partial charge >= 0.3 is 13.0 Å². The molecule has 5 nitrogen and oxygen atoms in total. The second-order valence-corrected chi connectivity index (χ2v) is 7.87. The molecule has 2 rings (SSSR count). The van der Waals surface area contributed by atoms with Gasteiger partial charge in [-0.3, -0.25) is 9.00 Å². The van der Waals surface area contributed by atoms with E-state index in [1.807, 2.05) is 32.0 Å². The summed E-state index contributed by atoms with van der Waals surface area (Å²) in [6.45, 7) is 8.26. The van der Waals surface area contributed by atoms with Crippen LogP contribution in [-0.2, 0) is 25.0 Å². The molecule has 0 aliphatic carbocycles. The lowest BCUT2D eigenvalue weighted by Crippen LogP contribution is -2.51. The molecule has 7 heteroatoms. The standard InChI is InChI=1S/C15H22BNO4S/c1-14(2)15(3,4)21-16(17-14)11-7-6-8-12(9-11)22(19)10-13(18)20-5/h6-9,17H,10H2,1-5H3. The second kappa shape index (κ2) is 6.14. The summed E-state index contributed by atoms with van der Waals surface area (Å²) in [5.74, 6) is -0.628. The highest BCUT2D eigenvalue weighted by Gasteiger charge is 2.49. The normalized spacial score (nSPS) is 20.7. The number of hydrogen-bond acceptors (Lipinski definition) is 5. The molecule has 0 bridgehead atoms. The highest BCUT2D eigenvalue weighted by Crippen LogP contribution is 2.31. The third-order valence-corrected chi connectivity index (χ3v) is 5.59. The van der Waals surface area contributed by atoms with Crippen molar-refractivity contribution in [1.82, 2.24) is 5.23 Å². The van der Waals surface area contributed by atoms with Crippen LogP contribution in [0.1, 0.15) is 27.7 Å². The summed E-state index contributed by atoms with van der Waals surface area (Å²) in [6.07, 6.45) is 0. The number of ether oxygens (including phenoxy) is 1. The van der Waals surface area contributed by atoms with Crippen LogP contribution in [0.3, 0.4) is 0 Å². The quantitative estimate of drug-likeness (QED) is 0.657. The molecule has 1 aliphatic rings. The first-order chi connectivity index (χ1) is 10.2. The van der Waals surface area contributed by atoms with Gasteiger partial charge in [0.05, 0.1) is 23.5 Å². The Bertz CT molecular complexity index is 587. The molecule has 22 heavy (non-hydrogen) atoms. The SMILES string of the molecule is COC(=O)CS(=O)c1cccc(B2NC(C)(C)C(C)(C)O2)c1. The van der Waals surface area contributed by atoms with Crippen molar-refractivity contribution >= 4 is 29.3 Å². The van der Waals surface area contributed by atoms with Crippen LogP contribution >= 0.6 is 0 Å². The third-order valence-electron chi connectivity index (χ3n) is 4.31. The average Bonchev–Trinajstić information content (AvgIpc) is 2.67. The van der Waals surface area contributed by atoms with Crippen molar-refractivity contribution in [1.29, 1.82) is 0 Å². The summed E-state index contributed by atoms with van der Waals surface area (Å²) in [5, 5.41) is 3.44. The van der Waals surface area contributed by atoms with Crippen LogP contribution in [0.15, 0.2) is 29.2 Å².